The summed E-state index contributed by atoms with van der Waals surface area (Å²) in [6.07, 6.45) is 4.61. The van der Waals surface area contributed by atoms with E-state index in [-0.39, 0.29) is 6.61 Å². The highest BCUT2D eigenvalue weighted by molar-refractivity contribution is 5.28. The van der Waals surface area contributed by atoms with Crippen molar-refractivity contribution in [3.05, 3.63) is 29.8 Å². The first-order chi connectivity index (χ1) is 9.83. The van der Waals surface area contributed by atoms with Crippen LogP contribution >= 0.6 is 0 Å². The molecule has 1 fully saturated rings. The molecule has 20 heavy (non-hydrogen) atoms. The maximum absolute atomic E-state index is 9.13. The average Bonchev–Trinajstić information content (AvgIpc) is 2.49. The Morgan fingerprint density at radius 2 is 2.25 bits per heavy atom. The van der Waals surface area contributed by atoms with Gasteiger partial charge >= 0.3 is 0 Å². The zero-order chi connectivity index (χ0) is 14.2. The highest BCUT2D eigenvalue weighted by Crippen LogP contribution is 2.19. The van der Waals surface area contributed by atoms with Crippen LogP contribution in [0.1, 0.15) is 31.2 Å². The van der Waals surface area contributed by atoms with Crippen molar-refractivity contribution in [1.82, 2.24) is 4.90 Å². The topological polar surface area (TPSA) is 58.7 Å². The molecule has 1 aromatic rings. The molecule has 0 spiro atoms. The van der Waals surface area contributed by atoms with Crippen molar-refractivity contribution in [2.75, 3.05) is 26.3 Å². The van der Waals surface area contributed by atoms with Crippen LogP contribution in [0.25, 0.3) is 0 Å². The SMILES string of the molecule is NCc1cccc(OCCN2CCCCC2CCO)c1. The number of piperidine rings is 1. The molecule has 4 nitrogen and oxygen atoms in total. The zero-order valence-corrected chi connectivity index (χ0v) is 12.1. The Kier molecular flexibility index (Phi) is 6.30. The first-order valence-electron chi connectivity index (χ1n) is 7.60. The van der Waals surface area contributed by atoms with Crippen molar-refractivity contribution >= 4 is 0 Å². The number of nitrogens with two attached hydrogens (primary N) is 1. The maximum Gasteiger partial charge on any atom is 0.119 e. The summed E-state index contributed by atoms with van der Waals surface area (Å²) in [4.78, 5) is 2.45. The van der Waals surface area contributed by atoms with Crippen molar-refractivity contribution in [2.45, 2.75) is 38.3 Å². The molecule has 1 aliphatic heterocycles. The van der Waals surface area contributed by atoms with Crippen LogP contribution in [-0.2, 0) is 6.54 Å². The van der Waals surface area contributed by atoms with Gasteiger partial charge in [-0.15, -0.1) is 0 Å². The Labute approximate surface area is 121 Å². The smallest absolute Gasteiger partial charge is 0.119 e. The minimum absolute atomic E-state index is 0.278. The predicted octanol–water partition coefficient (Wildman–Crippen LogP) is 1.76. The van der Waals surface area contributed by atoms with Crippen LogP contribution in [0.4, 0.5) is 0 Å². The number of benzene rings is 1. The number of hydrogen-bond acceptors (Lipinski definition) is 4. The van der Waals surface area contributed by atoms with Gasteiger partial charge in [0.1, 0.15) is 12.4 Å². The summed E-state index contributed by atoms with van der Waals surface area (Å²) >= 11 is 0. The van der Waals surface area contributed by atoms with E-state index in [1.165, 1.54) is 19.3 Å². The molecule has 1 heterocycles. The maximum atomic E-state index is 9.13. The summed E-state index contributed by atoms with van der Waals surface area (Å²) in [6, 6.07) is 8.48. The molecule has 112 valence electrons. The molecule has 1 aliphatic rings. The van der Waals surface area contributed by atoms with Gasteiger partial charge in [-0.1, -0.05) is 18.6 Å². The Balaban J connectivity index is 1.78. The fourth-order valence-corrected chi connectivity index (χ4v) is 2.87. The number of aliphatic hydroxyl groups is 1. The number of likely N-dealkylation sites (tertiary alicyclic amines) is 1. The standard InChI is InChI=1S/C16H26N2O2/c17-13-14-4-3-6-16(12-14)20-11-9-18-8-2-1-5-15(18)7-10-19/h3-4,6,12,15,19H,1-2,5,7-11,13,17H2. The van der Waals surface area contributed by atoms with E-state index in [1.54, 1.807) is 0 Å². The van der Waals surface area contributed by atoms with E-state index < -0.39 is 0 Å². The van der Waals surface area contributed by atoms with Crippen LogP contribution in [0.2, 0.25) is 0 Å². The number of ether oxygens (including phenoxy) is 1. The Morgan fingerprint density at radius 3 is 3.05 bits per heavy atom. The van der Waals surface area contributed by atoms with Gasteiger partial charge in [0, 0.05) is 25.7 Å². The van der Waals surface area contributed by atoms with Gasteiger partial charge in [-0.3, -0.25) is 4.90 Å². The normalized spacial score (nSPS) is 20.0. The third-order valence-corrected chi connectivity index (χ3v) is 3.99. The quantitative estimate of drug-likeness (QED) is 0.798. The molecule has 1 atom stereocenters. The third-order valence-electron chi connectivity index (χ3n) is 3.99. The molecular formula is C16H26N2O2. The second-order valence-electron chi connectivity index (χ2n) is 5.40. The molecule has 0 aromatic heterocycles. The van der Waals surface area contributed by atoms with Crippen molar-refractivity contribution in [3.8, 4) is 5.75 Å². The van der Waals surface area contributed by atoms with Gasteiger partial charge in [-0.05, 0) is 43.5 Å². The summed E-state index contributed by atoms with van der Waals surface area (Å²) in [5.41, 5.74) is 6.72. The first kappa shape index (κ1) is 15.3. The van der Waals surface area contributed by atoms with E-state index in [0.717, 1.165) is 30.8 Å². The van der Waals surface area contributed by atoms with E-state index in [1.807, 2.05) is 24.3 Å². The van der Waals surface area contributed by atoms with Crippen LogP contribution in [0.3, 0.4) is 0 Å². The lowest BCUT2D eigenvalue weighted by Gasteiger charge is -2.35. The van der Waals surface area contributed by atoms with Crippen LogP contribution in [-0.4, -0.2) is 42.4 Å². The number of rotatable bonds is 7. The molecule has 3 N–H and O–H groups in total. The van der Waals surface area contributed by atoms with Crippen LogP contribution in [0.5, 0.6) is 5.75 Å². The lowest BCUT2D eigenvalue weighted by Crippen LogP contribution is -2.42. The van der Waals surface area contributed by atoms with Gasteiger partial charge in [-0.2, -0.15) is 0 Å². The van der Waals surface area contributed by atoms with Crippen molar-refractivity contribution in [1.29, 1.82) is 0 Å². The van der Waals surface area contributed by atoms with Gasteiger partial charge < -0.3 is 15.6 Å². The lowest BCUT2D eigenvalue weighted by atomic mass is 10.00. The van der Waals surface area contributed by atoms with Crippen molar-refractivity contribution in [2.24, 2.45) is 5.73 Å². The number of aliphatic hydroxyl groups excluding tert-OH is 1. The second-order valence-corrected chi connectivity index (χ2v) is 5.40. The predicted molar refractivity (Wildman–Crippen MR) is 80.7 cm³/mol. The van der Waals surface area contributed by atoms with Crippen molar-refractivity contribution < 1.29 is 9.84 Å². The Bertz CT molecular complexity index is 396. The minimum atomic E-state index is 0.278. The Hall–Kier alpha value is -1.10. The summed E-state index contributed by atoms with van der Waals surface area (Å²) in [5, 5.41) is 9.13. The molecular weight excluding hydrogens is 252 g/mol. The van der Waals surface area contributed by atoms with Crippen LogP contribution in [0, 0.1) is 0 Å². The van der Waals surface area contributed by atoms with Gasteiger partial charge in [0.2, 0.25) is 0 Å². The number of nitrogens with zero attached hydrogens (tertiary/aromatic N) is 1. The minimum Gasteiger partial charge on any atom is -0.492 e. The van der Waals surface area contributed by atoms with Crippen LogP contribution < -0.4 is 10.5 Å². The van der Waals surface area contributed by atoms with Gasteiger partial charge in [-0.25, -0.2) is 0 Å². The third kappa shape index (κ3) is 4.47. The van der Waals surface area contributed by atoms with Crippen molar-refractivity contribution in [3.63, 3.8) is 0 Å². The molecule has 0 amide bonds. The van der Waals surface area contributed by atoms with E-state index >= 15 is 0 Å². The molecule has 0 radical (unpaired) electrons. The molecule has 0 aliphatic carbocycles. The lowest BCUT2D eigenvalue weighted by molar-refractivity contribution is 0.102. The largest absolute Gasteiger partial charge is 0.492 e. The molecule has 0 saturated carbocycles. The molecule has 1 saturated heterocycles. The van der Waals surface area contributed by atoms with E-state index in [4.69, 9.17) is 15.6 Å². The highest BCUT2D eigenvalue weighted by Gasteiger charge is 2.21. The van der Waals surface area contributed by atoms with Crippen LogP contribution in [0.15, 0.2) is 24.3 Å². The molecule has 0 bridgehead atoms. The van der Waals surface area contributed by atoms with Gasteiger partial charge in [0.25, 0.3) is 0 Å². The second kappa shape index (κ2) is 8.25. The fourth-order valence-electron chi connectivity index (χ4n) is 2.87. The summed E-state index contributed by atoms with van der Waals surface area (Å²) in [5.74, 6) is 0.892. The highest BCUT2D eigenvalue weighted by atomic mass is 16.5. The van der Waals surface area contributed by atoms with E-state index in [2.05, 4.69) is 4.90 Å². The summed E-state index contributed by atoms with van der Waals surface area (Å²) < 4.78 is 5.82. The van der Waals surface area contributed by atoms with Gasteiger partial charge in [0.05, 0.1) is 0 Å². The Morgan fingerprint density at radius 1 is 1.35 bits per heavy atom. The van der Waals surface area contributed by atoms with E-state index in [9.17, 15) is 0 Å². The molecule has 1 aromatic carbocycles. The van der Waals surface area contributed by atoms with Gasteiger partial charge in [0.15, 0.2) is 0 Å². The number of hydrogen-bond donors (Lipinski definition) is 2. The van der Waals surface area contributed by atoms with E-state index in [0.29, 0.717) is 19.2 Å². The average molecular weight is 278 g/mol. The molecule has 1 unspecified atom stereocenters. The fraction of sp³-hybridized carbons (Fsp3) is 0.625. The molecule has 4 heteroatoms. The zero-order valence-electron chi connectivity index (χ0n) is 12.1. The summed E-state index contributed by atoms with van der Waals surface area (Å²) in [7, 11) is 0. The molecule has 2 rings (SSSR count). The monoisotopic (exact) mass is 278 g/mol. The first-order valence-corrected chi connectivity index (χ1v) is 7.60. The summed E-state index contributed by atoms with van der Waals surface area (Å²) in [6.45, 7) is 3.56.